The summed E-state index contributed by atoms with van der Waals surface area (Å²) in [7, 11) is 1.76. The molecule has 82 valence electrons. The Morgan fingerprint density at radius 3 is 2.93 bits per heavy atom. The van der Waals surface area contributed by atoms with Gasteiger partial charge in [0.15, 0.2) is 0 Å². The van der Waals surface area contributed by atoms with Crippen molar-refractivity contribution in [3.63, 3.8) is 0 Å². The molecular formula is C9H14N4OS. The zero-order valence-corrected chi connectivity index (χ0v) is 9.54. The molecule has 1 heterocycles. The summed E-state index contributed by atoms with van der Waals surface area (Å²) < 4.78 is 1.58. The summed E-state index contributed by atoms with van der Waals surface area (Å²) in [5, 5.41) is 6.74. The lowest BCUT2D eigenvalue weighted by molar-refractivity contribution is 0.0935. The maximum Gasteiger partial charge on any atom is 0.271 e. The van der Waals surface area contributed by atoms with Gasteiger partial charge in [-0.3, -0.25) is 9.48 Å². The molecule has 0 aliphatic heterocycles. The van der Waals surface area contributed by atoms with Gasteiger partial charge >= 0.3 is 0 Å². The number of thiocarbonyl (C=S) groups is 1. The average molecular weight is 226 g/mol. The Morgan fingerprint density at radius 1 is 1.80 bits per heavy atom. The first kappa shape index (κ1) is 11.6. The maximum absolute atomic E-state index is 11.6. The normalized spacial score (nSPS) is 12.1. The van der Waals surface area contributed by atoms with Crippen molar-refractivity contribution in [3.05, 3.63) is 18.0 Å². The summed E-state index contributed by atoms with van der Waals surface area (Å²) in [6.07, 6.45) is 2.21. The van der Waals surface area contributed by atoms with Crippen molar-refractivity contribution in [1.29, 1.82) is 0 Å². The molecule has 1 aromatic heterocycles. The van der Waals surface area contributed by atoms with Crippen molar-refractivity contribution < 1.29 is 4.79 Å². The number of nitrogens with two attached hydrogens (primary N) is 1. The van der Waals surface area contributed by atoms with Gasteiger partial charge in [0.2, 0.25) is 0 Å². The highest BCUT2D eigenvalue weighted by atomic mass is 32.1. The van der Waals surface area contributed by atoms with Crippen LogP contribution in [0, 0.1) is 0 Å². The summed E-state index contributed by atoms with van der Waals surface area (Å²) in [5.74, 6) is -0.209. The molecule has 0 aliphatic carbocycles. The number of nitrogens with one attached hydrogen (secondary N) is 1. The van der Waals surface area contributed by atoms with Crippen molar-refractivity contribution in [2.24, 2.45) is 12.8 Å². The van der Waals surface area contributed by atoms with Gasteiger partial charge in [-0.05, 0) is 13.0 Å². The molecule has 5 nitrogen and oxygen atoms in total. The Labute approximate surface area is 93.6 Å². The lowest BCUT2D eigenvalue weighted by Gasteiger charge is -2.11. The van der Waals surface area contributed by atoms with E-state index >= 15 is 0 Å². The molecule has 1 aromatic rings. The van der Waals surface area contributed by atoms with Gasteiger partial charge in [0.1, 0.15) is 5.69 Å². The summed E-state index contributed by atoms with van der Waals surface area (Å²) in [4.78, 5) is 12.0. The smallest absolute Gasteiger partial charge is 0.271 e. The van der Waals surface area contributed by atoms with E-state index in [-0.39, 0.29) is 11.9 Å². The first-order chi connectivity index (χ1) is 6.99. The van der Waals surface area contributed by atoms with Crippen LogP contribution in [-0.4, -0.2) is 26.7 Å². The molecule has 0 spiro atoms. The van der Waals surface area contributed by atoms with Crippen LogP contribution in [0.1, 0.15) is 23.8 Å². The first-order valence-corrected chi connectivity index (χ1v) is 4.98. The van der Waals surface area contributed by atoms with Crippen LogP contribution < -0.4 is 11.1 Å². The van der Waals surface area contributed by atoms with Gasteiger partial charge in [-0.2, -0.15) is 5.10 Å². The summed E-state index contributed by atoms with van der Waals surface area (Å²) in [6, 6.07) is 1.58. The second kappa shape index (κ2) is 4.88. The van der Waals surface area contributed by atoms with E-state index in [1.807, 2.05) is 6.92 Å². The molecule has 0 fully saturated rings. The second-order valence-electron chi connectivity index (χ2n) is 3.42. The number of aryl methyl sites for hydroxylation is 1. The van der Waals surface area contributed by atoms with Crippen molar-refractivity contribution >= 4 is 23.1 Å². The zero-order chi connectivity index (χ0) is 11.4. The zero-order valence-electron chi connectivity index (χ0n) is 8.73. The monoisotopic (exact) mass is 226 g/mol. The van der Waals surface area contributed by atoms with E-state index in [9.17, 15) is 4.79 Å². The fourth-order valence-electron chi connectivity index (χ4n) is 1.19. The van der Waals surface area contributed by atoms with Gasteiger partial charge in [-0.1, -0.05) is 12.2 Å². The van der Waals surface area contributed by atoms with Gasteiger partial charge < -0.3 is 11.1 Å². The fourth-order valence-corrected chi connectivity index (χ4v) is 1.44. The summed E-state index contributed by atoms with van der Waals surface area (Å²) in [5.41, 5.74) is 5.77. The van der Waals surface area contributed by atoms with Crippen molar-refractivity contribution in [2.45, 2.75) is 19.4 Å². The number of carbonyl (C=O) groups excluding carboxylic acids is 1. The molecule has 0 saturated carbocycles. The van der Waals surface area contributed by atoms with Crippen LogP contribution >= 0.6 is 12.2 Å². The molecule has 15 heavy (non-hydrogen) atoms. The molecule has 0 aromatic carbocycles. The quantitative estimate of drug-likeness (QED) is 0.720. The molecule has 3 N–H and O–H groups in total. The topological polar surface area (TPSA) is 72.9 Å². The van der Waals surface area contributed by atoms with E-state index in [1.165, 1.54) is 0 Å². The van der Waals surface area contributed by atoms with E-state index in [0.717, 1.165) is 0 Å². The van der Waals surface area contributed by atoms with Gasteiger partial charge in [0, 0.05) is 25.7 Å². The largest absolute Gasteiger partial charge is 0.393 e. The van der Waals surface area contributed by atoms with E-state index in [1.54, 1.807) is 24.0 Å². The van der Waals surface area contributed by atoms with Crippen LogP contribution in [0.3, 0.4) is 0 Å². The minimum atomic E-state index is -0.209. The molecule has 0 aliphatic rings. The van der Waals surface area contributed by atoms with Crippen molar-refractivity contribution in [1.82, 2.24) is 15.1 Å². The van der Waals surface area contributed by atoms with E-state index in [0.29, 0.717) is 17.1 Å². The van der Waals surface area contributed by atoms with E-state index < -0.39 is 0 Å². The Bertz CT molecular complexity index is 374. The van der Waals surface area contributed by atoms with Crippen LogP contribution in [0.5, 0.6) is 0 Å². The van der Waals surface area contributed by atoms with Crippen molar-refractivity contribution in [3.8, 4) is 0 Å². The molecule has 1 unspecified atom stereocenters. The second-order valence-corrected chi connectivity index (χ2v) is 3.94. The van der Waals surface area contributed by atoms with Crippen LogP contribution in [0.25, 0.3) is 0 Å². The fraction of sp³-hybridized carbons (Fsp3) is 0.444. The van der Waals surface area contributed by atoms with Crippen LogP contribution in [0.4, 0.5) is 0 Å². The standard InChI is InChI=1S/C9H14N4OS/c1-6(5-8(10)15)11-9(14)7-3-4-13(2)12-7/h3-4,6H,5H2,1-2H3,(H2,10,15)(H,11,14). The average Bonchev–Trinajstić information content (AvgIpc) is 2.49. The van der Waals surface area contributed by atoms with Crippen LogP contribution in [0.15, 0.2) is 12.3 Å². The van der Waals surface area contributed by atoms with Gasteiger partial charge in [0.05, 0.1) is 4.99 Å². The number of nitrogens with zero attached hydrogens (tertiary/aromatic N) is 2. The van der Waals surface area contributed by atoms with Gasteiger partial charge in [0.25, 0.3) is 5.91 Å². The molecule has 6 heteroatoms. The van der Waals surface area contributed by atoms with Crippen LogP contribution in [0.2, 0.25) is 0 Å². The Balaban J connectivity index is 2.52. The molecule has 0 bridgehead atoms. The predicted molar refractivity (Wildman–Crippen MR) is 61.5 cm³/mol. The Hall–Kier alpha value is -1.43. The van der Waals surface area contributed by atoms with Crippen molar-refractivity contribution in [2.75, 3.05) is 0 Å². The highest BCUT2D eigenvalue weighted by Crippen LogP contribution is 1.97. The number of rotatable bonds is 4. The minimum absolute atomic E-state index is 0.0722. The van der Waals surface area contributed by atoms with Gasteiger partial charge in [-0.25, -0.2) is 0 Å². The Morgan fingerprint density at radius 2 is 2.47 bits per heavy atom. The number of hydrogen-bond donors (Lipinski definition) is 2. The predicted octanol–water partition coefficient (Wildman–Crippen LogP) is 0.215. The lowest BCUT2D eigenvalue weighted by Crippen LogP contribution is -2.35. The highest BCUT2D eigenvalue weighted by molar-refractivity contribution is 7.80. The third-order valence-corrected chi connectivity index (χ3v) is 2.00. The maximum atomic E-state index is 11.6. The molecular weight excluding hydrogens is 212 g/mol. The SMILES string of the molecule is CC(CC(N)=S)NC(=O)c1ccn(C)n1. The molecule has 0 radical (unpaired) electrons. The minimum Gasteiger partial charge on any atom is -0.393 e. The Kier molecular flexibility index (Phi) is 3.79. The van der Waals surface area contributed by atoms with E-state index in [4.69, 9.17) is 18.0 Å². The lowest BCUT2D eigenvalue weighted by atomic mass is 10.2. The summed E-state index contributed by atoms with van der Waals surface area (Å²) >= 11 is 4.75. The first-order valence-electron chi connectivity index (χ1n) is 4.58. The number of hydrogen-bond acceptors (Lipinski definition) is 3. The number of aromatic nitrogens is 2. The molecule has 0 saturated heterocycles. The van der Waals surface area contributed by atoms with E-state index in [2.05, 4.69) is 10.4 Å². The third kappa shape index (κ3) is 3.67. The molecule has 1 rings (SSSR count). The molecule has 1 amide bonds. The van der Waals surface area contributed by atoms with Crippen LogP contribution in [-0.2, 0) is 7.05 Å². The van der Waals surface area contributed by atoms with Gasteiger partial charge in [-0.15, -0.1) is 0 Å². The third-order valence-electron chi connectivity index (χ3n) is 1.83. The number of carbonyl (C=O) groups is 1. The summed E-state index contributed by atoms with van der Waals surface area (Å²) in [6.45, 7) is 1.85. The molecule has 1 atom stereocenters. The number of amides is 1. The highest BCUT2D eigenvalue weighted by Gasteiger charge is 2.12.